The van der Waals surface area contributed by atoms with Crippen molar-refractivity contribution in [1.82, 2.24) is 9.55 Å². The fourth-order valence-electron chi connectivity index (χ4n) is 4.00. The molecule has 0 radical (unpaired) electrons. The molecule has 0 saturated heterocycles. The van der Waals surface area contributed by atoms with Crippen LogP contribution in [0.5, 0.6) is 0 Å². The molecule has 0 bridgehead atoms. The number of methoxy groups -OCH3 is 1. The largest absolute Gasteiger partial charge is 0.385 e. The van der Waals surface area contributed by atoms with Crippen LogP contribution in [0.2, 0.25) is 0 Å². The Morgan fingerprint density at radius 1 is 1.32 bits per heavy atom. The van der Waals surface area contributed by atoms with Crippen LogP contribution in [0.4, 0.5) is 5.69 Å². The second-order valence-electron chi connectivity index (χ2n) is 7.89. The molecular weight excluding hydrogens is 430 g/mol. The number of benzene rings is 1. The number of ether oxygens (including phenoxy) is 1. The van der Waals surface area contributed by atoms with Crippen molar-refractivity contribution in [2.75, 3.05) is 24.8 Å². The molecule has 0 saturated carbocycles. The average Bonchev–Trinajstić information content (AvgIpc) is 3.31. The summed E-state index contributed by atoms with van der Waals surface area (Å²) in [7, 11) is 1.66. The van der Waals surface area contributed by atoms with Gasteiger partial charge < -0.3 is 10.1 Å². The second-order valence-corrected chi connectivity index (χ2v) is 9.92. The maximum Gasteiger partial charge on any atom is 0.263 e. The molecule has 1 amide bonds. The van der Waals surface area contributed by atoms with Gasteiger partial charge in [0.25, 0.3) is 5.56 Å². The monoisotopic (exact) mass is 457 g/mol. The van der Waals surface area contributed by atoms with Gasteiger partial charge >= 0.3 is 0 Å². The average molecular weight is 458 g/mol. The van der Waals surface area contributed by atoms with Crippen LogP contribution in [0.15, 0.2) is 28.2 Å². The van der Waals surface area contributed by atoms with Crippen molar-refractivity contribution in [1.29, 1.82) is 0 Å². The van der Waals surface area contributed by atoms with Crippen molar-refractivity contribution >= 4 is 44.9 Å². The van der Waals surface area contributed by atoms with Crippen LogP contribution in [0.1, 0.15) is 34.4 Å². The Morgan fingerprint density at radius 3 is 2.94 bits per heavy atom. The van der Waals surface area contributed by atoms with E-state index in [1.807, 2.05) is 32.0 Å². The highest BCUT2D eigenvalue weighted by Gasteiger charge is 2.23. The van der Waals surface area contributed by atoms with Crippen molar-refractivity contribution in [3.8, 4) is 0 Å². The molecule has 1 N–H and O–H groups in total. The summed E-state index contributed by atoms with van der Waals surface area (Å²) in [6.07, 6.45) is 3.81. The Kier molecular flexibility index (Phi) is 6.79. The Bertz CT molecular complexity index is 1180. The third-order valence-electron chi connectivity index (χ3n) is 5.51. The third kappa shape index (κ3) is 4.71. The number of anilines is 1. The van der Waals surface area contributed by atoms with Gasteiger partial charge in [0.1, 0.15) is 4.83 Å². The summed E-state index contributed by atoms with van der Waals surface area (Å²) in [5, 5.41) is 4.35. The van der Waals surface area contributed by atoms with Crippen LogP contribution in [-0.2, 0) is 28.9 Å². The molecule has 31 heavy (non-hydrogen) atoms. The van der Waals surface area contributed by atoms with Gasteiger partial charge in [0.05, 0.1) is 11.1 Å². The van der Waals surface area contributed by atoms with Crippen LogP contribution < -0.4 is 10.9 Å². The number of nitrogens with zero attached hydrogens (tertiary/aromatic N) is 2. The molecule has 2 heterocycles. The standard InChI is InChI=1S/C23H27N3O3S2/c1-14-8-9-17(15(2)12-14)24-19(27)13-30-23-25-21-20(16-6-4-7-18(16)31-21)22(28)26(23)10-5-11-29-3/h8-9,12H,4-7,10-11,13H2,1-3H3,(H,24,27). The summed E-state index contributed by atoms with van der Waals surface area (Å²) in [6, 6.07) is 5.95. The van der Waals surface area contributed by atoms with E-state index in [1.54, 1.807) is 23.0 Å². The van der Waals surface area contributed by atoms with Crippen molar-refractivity contribution in [3.05, 3.63) is 50.1 Å². The molecule has 6 nitrogen and oxygen atoms in total. The molecule has 1 aliphatic carbocycles. The highest BCUT2D eigenvalue weighted by molar-refractivity contribution is 7.99. The van der Waals surface area contributed by atoms with E-state index in [9.17, 15) is 9.59 Å². The number of carbonyl (C=O) groups excluding carboxylic acids is 1. The van der Waals surface area contributed by atoms with Gasteiger partial charge in [0, 0.05) is 30.8 Å². The van der Waals surface area contributed by atoms with E-state index in [1.165, 1.54) is 22.2 Å². The molecule has 0 unspecified atom stereocenters. The van der Waals surface area contributed by atoms with Crippen LogP contribution in [0.25, 0.3) is 10.2 Å². The lowest BCUT2D eigenvalue weighted by atomic mass is 10.1. The normalized spacial score (nSPS) is 13.0. The zero-order valence-electron chi connectivity index (χ0n) is 18.1. The maximum atomic E-state index is 13.4. The van der Waals surface area contributed by atoms with Crippen molar-refractivity contribution in [3.63, 3.8) is 0 Å². The lowest BCUT2D eigenvalue weighted by Crippen LogP contribution is -2.25. The van der Waals surface area contributed by atoms with Crippen molar-refractivity contribution in [2.24, 2.45) is 0 Å². The third-order valence-corrected chi connectivity index (χ3v) is 7.67. The van der Waals surface area contributed by atoms with Gasteiger partial charge in [-0.1, -0.05) is 29.5 Å². The van der Waals surface area contributed by atoms with E-state index in [0.717, 1.165) is 52.7 Å². The molecule has 0 fully saturated rings. The number of hydrogen-bond acceptors (Lipinski definition) is 6. The molecule has 4 rings (SSSR count). The number of thioether (sulfide) groups is 1. The first-order valence-electron chi connectivity index (χ1n) is 10.5. The van der Waals surface area contributed by atoms with Gasteiger partial charge in [-0.15, -0.1) is 11.3 Å². The summed E-state index contributed by atoms with van der Waals surface area (Å²) >= 11 is 2.95. The molecular formula is C23H27N3O3S2. The van der Waals surface area contributed by atoms with Gasteiger partial charge in [-0.05, 0) is 56.7 Å². The van der Waals surface area contributed by atoms with Gasteiger partial charge in [0.15, 0.2) is 5.16 Å². The molecule has 0 aliphatic heterocycles. The predicted octanol–water partition coefficient (Wildman–Crippen LogP) is 4.33. The Labute approximate surface area is 190 Å². The van der Waals surface area contributed by atoms with E-state index in [4.69, 9.17) is 9.72 Å². The number of thiophene rings is 1. The molecule has 1 aromatic carbocycles. The fourth-order valence-corrected chi connectivity index (χ4v) is 6.13. The summed E-state index contributed by atoms with van der Waals surface area (Å²) in [5.41, 5.74) is 4.19. The Balaban J connectivity index is 1.57. The number of carbonyl (C=O) groups is 1. The second kappa shape index (κ2) is 9.54. The zero-order chi connectivity index (χ0) is 22.0. The molecule has 0 spiro atoms. The highest BCUT2D eigenvalue weighted by atomic mass is 32.2. The van der Waals surface area contributed by atoms with Crippen LogP contribution in [-0.4, -0.2) is 34.9 Å². The first-order chi connectivity index (χ1) is 15.0. The molecule has 164 valence electrons. The van der Waals surface area contributed by atoms with Gasteiger partial charge in [-0.25, -0.2) is 4.98 Å². The lowest BCUT2D eigenvalue weighted by molar-refractivity contribution is -0.113. The lowest BCUT2D eigenvalue weighted by Gasteiger charge is -2.13. The highest BCUT2D eigenvalue weighted by Crippen LogP contribution is 2.35. The van der Waals surface area contributed by atoms with E-state index in [2.05, 4.69) is 5.32 Å². The summed E-state index contributed by atoms with van der Waals surface area (Å²) in [6.45, 7) is 5.11. The minimum absolute atomic E-state index is 0.0118. The van der Waals surface area contributed by atoms with Crippen LogP contribution in [0.3, 0.4) is 0 Å². The molecule has 1 aliphatic rings. The van der Waals surface area contributed by atoms with E-state index in [0.29, 0.717) is 18.3 Å². The number of amides is 1. The summed E-state index contributed by atoms with van der Waals surface area (Å²) in [5.74, 6) is 0.0871. The number of rotatable bonds is 8. The van der Waals surface area contributed by atoms with E-state index in [-0.39, 0.29) is 17.2 Å². The SMILES string of the molecule is COCCCn1c(SCC(=O)Nc2ccc(C)cc2C)nc2sc3c(c2c1=O)CCC3. The first-order valence-corrected chi connectivity index (χ1v) is 12.3. The van der Waals surface area contributed by atoms with Gasteiger partial charge in [-0.2, -0.15) is 0 Å². The summed E-state index contributed by atoms with van der Waals surface area (Å²) < 4.78 is 6.89. The first kappa shape index (κ1) is 22.0. The number of aryl methyl sites for hydroxylation is 4. The fraction of sp³-hybridized carbons (Fsp3) is 0.435. The smallest absolute Gasteiger partial charge is 0.263 e. The van der Waals surface area contributed by atoms with E-state index >= 15 is 0 Å². The van der Waals surface area contributed by atoms with Gasteiger partial charge in [-0.3, -0.25) is 14.2 Å². The molecule has 2 aromatic heterocycles. The Hall–Kier alpha value is -2.16. The number of nitrogens with one attached hydrogen (secondary N) is 1. The van der Waals surface area contributed by atoms with Gasteiger partial charge in [0.2, 0.25) is 5.91 Å². The summed E-state index contributed by atoms with van der Waals surface area (Å²) in [4.78, 5) is 32.8. The number of aromatic nitrogens is 2. The van der Waals surface area contributed by atoms with E-state index < -0.39 is 0 Å². The number of hydrogen-bond donors (Lipinski definition) is 1. The maximum absolute atomic E-state index is 13.4. The molecule has 0 atom stereocenters. The Morgan fingerprint density at radius 2 is 2.16 bits per heavy atom. The minimum atomic E-state index is -0.108. The quantitative estimate of drug-likeness (QED) is 0.310. The molecule has 3 aromatic rings. The predicted molar refractivity (Wildman–Crippen MR) is 128 cm³/mol. The zero-order valence-corrected chi connectivity index (χ0v) is 19.8. The molecule has 8 heteroatoms. The topological polar surface area (TPSA) is 73.2 Å². The minimum Gasteiger partial charge on any atom is -0.385 e. The van der Waals surface area contributed by atoms with Crippen LogP contribution >= 0.6 is 23.1 Å². The number of fused-ring (bicyclic) bond motifs is 3. The van der Waals surface area contributed by atoms with Crippen LogP contribution in [0, 0.1) is 13.8 Å². The van der Waals surface area contributed by atoms with Crippen molar-refractivity contribution < 1.29 is 9.53 Å². The van der Waals surface area contributed by atoms with Crippen molar-refractivity contribution in [2.45, 2.75) is 51.2 Å².